The van der Waals surface area contributed by atoms with E-state index in [9.17, 15) is 8.42 Å². The molecule has 3 atom stereocenters. The van der Waals surface area contributed by atoms with Gasteiger partial charge in [-0.2, -0.15) is 0 Å². The van der Waals surface area contributed by atoms with Crippen LogP contribution in [0.25, 0.3) is 0 Å². The molecule has 4 rings (SSSR count). The minimum atomic E-state index is -3.38. The molecule has 1 aromatic heterocycles. The Labute approximate surface area is 142 Å². The summed E-state index contributed by atoms with van der Waals surface area (Å²) < 4.78 is 29.4. The van der Waals surface area contributed by atoms with Crippen LogP contribution in [-0.4, -0.2) is 14.5 Å². The van der Waals surface area contributed by atoms with Crippen molar-refractivity contribution in [1.82, 2.24) is 4.72 Å². The fourth-order valence-corrected chi connectivity index (χ4v) is 6.46. The number of aryl methyl sites for hydroxylation is 1. The van der Waals surface area contributed by atoms with E-state index in [0.29, 0.717) is 16.0 Å². The van der Waals surface area contributed by atoms with Crippen LogP contribution in [0.3, 0.4) is 0 Å². The van der Waals surface area contributed by atoms with Crippen molar-refractivity contribution < 1.29 is 8.42 Å². The third-order valence-electron chi connectivity index (χ3n) is 4.63. The Morgan fingerprint density at radius 2 is 2.14 bits per heavy atom. The second kappa shape index (κ2) is 5.16. The molecule has 22 heavy (non-hydrogen) atoms. The van der Waals surface area contributed by atoms with Gasteiger partial charge in [-0.15, -0.1) is 11.3 Å². The average molecular weight is 398 g/mol. The molecule has 1 N–H and O–H groups in total. The molecule has 3 unspecified atom stereocenters. The Morgan fingerprint density at radius 1 is 1.32 bits per heavy atom. The van der Waals surface area contributed by atoms with Crippen molar-refractivity contribution >= 4 is 37.3 Å². The van der Waals surface area contributed by atoms with Gasteiger partial charge in [0.1, 0.15) is 4.21 Å². The zero-order chi connectivity index (χ0) is 15.5. The first-order valence-corrected chi connectivity index (χ1v) is 10.5. The van der Waals surface area contributed by atoms with Crippen LogP contribution in [0.4, 0.5) is 0 Å². The predicted molar refractivity (Wildman–Crippen MR) is 91.9 cm³/mol. The first-order chi connectivity index (χ1) is 10.5. The number of sulfonamides is 1. The molecule has 2 aliphatic carbocycles. The molecule has 1 heterocycles. The lowest BCUT2D eigenvalue weighted by Gasteiger charge is -2.09. The number of hydrogen-bond donors (Lipinski definition) is 1. The highest BCUT2D eigenvalue weighted by Gasteiger charge is 2.57. The molecule has 1 aromatic carbocycles. The van der Waals surface area contributed by atoms with E-state index < -0.39 is 10.0 Å². The summed E-state index contributed by atoms with van der Waals surface area (Å²) in [6.07, 6.45) is 1.85. The van der Waals surface area contributed by atoms with Gasteiger partial charge in [-0.1, -0.05) is 28.9 Å². The van der Waals surface area contributed by atoms with Gasteiger partial charge in [-0.05, 0) is 54.2 Å². The topological polar surface area (TPSA) is 46.2 Å². The number of hydrogen-bond acceptors (Lipinski definition) is 3. The van der Waals surface area contributed by atoms with Gasteiger partial charge in [-0.3, -0.25) is 0 Å². The van der Waals surface area contributed by atoms with Gasteiger partial charge in [0.05, 0.1) is 0 Å². The van der Waals surface area contributed by atoms with Gasteiger partial charge in [0.2, 0.25) is 10.0 Å². The summed E-state index contributed by atoms with van der Waals surface area (Å²) >= 11 is 4.87. The van der Waals surface area contributed by atoms with Crippen molar-refractivity contribution in [3.8, 4) is 0 Å². The summed E-state index contributed by atoms with van der Waals surface area (Å²) in [7, 11) is -3.38. The lowest BCUT2D eigenvalue weighted by Crippen LogP contribution is -2.28. The van der Waals surface area contributed by atoms with Crippen LogP contribution < -0.4 is 4.72 Å². The molecule has 0 bridgehead atoms. The van der Waals surface area contributed by atoms with Crippen molar-refractivity contribution in [2.45, 2.75) is 35.9 Å². The van der Waals surface area contributed by atoms with E-state index in [-0.39, 0.29) is 6.04 Å². The van der Waals surface area contributed by atoms with E-state index in [1.54, 1.807) is 6.07 Å². The van der Waals surface area contributed by atoms with E-state index >= 15 is 0 Å². The van der Waals surface area contributed by atoms with Crippen LogP contribution >= 0.6 is 27.3 Å². The Hall–Kier alpha value is -0.690. The Morgan fingerprint density at radius 3 is 2.86 bits per heavy atom. The highest BCUT2D eigenvalue weighted by Crippen LogP contribution is 2.57. The maximum absolute atomic E-state index is 12.5. The number of benzene rings is 1. The molecule has 6 heteroatoms. The molecular formula is C16H16BrNO2S2. The number of nitrogens with one attached hydrogen (secondary N) is 1. The highest BCUT2D eigenvalue weighted by molar-refractivity contribution is 9.10. The van der Waals surface area contributed by atoms with Crippen molar-refractivity contribution in [2.24, 2.45) is 5.92 Å². The van der Waals surface area contributed by atoms with Gasteiger partial charge in [-0.25, -0.2) is 13.1 Å². The summed E-state index contributed by atoms with van der Waals surface area (Å²) in [5, 5.41) is 0. The van der Waals surface area contributed by atoms with Crippen LogP contribution in [-0.2, 0) is 22.9 Å². The van der Waals surface area contributed by atoms with Gasteiger partial charge >= 0.3 is 0 Å². The quantitative estimate of drug-likeness (QED) is 0.854. The van der Waals surface area contributed by atoms with Crippen molar-refractivity contribution in [2.75, 3.05) is 0 Å². The van der Waals surface area contributed by atoms with Gasteiger partial charge < -0.3 is 0 Å². The van der Waals surface area contributed by atoms with Crippen LogP contribution in [0.1, 0.15) is 28.8 Å². The van der Waals surface area contributed by atoms with Gasteiger partial charge in [0, 0.05) is 21.3 Å². The Balaban J connectivity index is 1.54. The first kappa shape index (κ1) is 14.9. The third kappa shape index (κ3) is 2.37. The molecule has 0 spiro atoms. The predicted octanol–water partition coefficient (Wildman–Crippen LogP) is 3.69. The molecule has 3 nitrogen and oxygen atoms in total. The molecule has 1 fully saturated rings. The number of fused-ring (bicyclic) bond motifs is 3. The smallest absolute Gasteiger partial charge is 0.206 e. The van der Waals surface area contributed by atoms with E-state index in [4.69, 9.17) is 0 Å². The molecule has 0 radical (unpaired) electrons. The zero-order valence-electron chi connectivity index (χ0n) is 12.0. The summed E-state index contributed by atoms with van der Waals surface area (Å²) in [6, 6.07) is 10.0. The second-order valence-corrected chi connectivity index (χ2v) is 9.98. The summed E-state index contributed by atoms with van der Waals surface area (Å²) in [6.45, 7) is 2.04. The minimum Gasteiger partial charge on any atom is -0.206 e. The molecule has 2 aromatic rings. The maximum atomic E-state index is 12.5. The molecule has 0 amide bonds. The second-order valence-electron chi connectivity index (χ2n) is 5.96. The van der Waals surface area contributed by atoms with Crippen molar-refractivity contribution in [3.05, 3.63) is 50.8 Å². The fourth-order valence-electron chi connectivity index (χ4n) is 3.46. The molecule has 0 saturated heterocycles. The van der Waals surface area contributed by atoms with Gasteiger partial charge in [0.15, 0.2) is 0 Å². The Bertz CT molecular complexity index is 844. The number of halogens is 1. The van der Waals surface area contributed by atoms with Crippen LogP contribution in [0.2, 0.25) is 0 Å². The van der Waals surface area contributed by atoms with Crippen LogP contribution in [0.15, 0.2) is 39.0 Å². The van der Waals surface area contributed by atoms with Crippen molar-refractivity contribution in [3.63, 3.8) is 0 Å². The van der Waals surface area contributed by atoms with Gasteiger partial charge in [0.25, 0.3) is 0 Å². The van der Waals surface area contributed by atoms with Crippen LogP contribution in [0.5, 0.6) is 0 Å². The zero-order valence-corrected chi connectivity index (χ0v) is 15.3. The summed E-state index contributed by atoms with van der Waals surface area (Å²) in [5.41, 5.74) is 2.66. The summed E-state index contributed by atoms with van der Waals surface area (Å²) in [4.78, 5) is 1.10. The SMILES string of the molecule is CCc1ccc(S(=O)(=O)NC2C3Cc4ccc(Br)cc4C32)s1. The molecule has 116 valence electrons. The first-order valence-electron chi connectivity index (χ1n) is 7.39. The van der Waals surface area contributed by atoms with E-state index in [1.165, 1.54) is 22.5 Å². The fraction of sp³-hybridized carbons (Fsp3) is 0.375. The minimum absolute atomic E-state index is 0.0546. The van der Waals surface area contributed by atoms with Crippen molar-refractivity contribution in [1.29, 1.82) is 0 Å². The maximum Gasteiger partial charge on any atom is 0.250 e. The van der Waals surface area contributed by atoms with Crippen LogP contribution in [0, 0.1) is 5.92 Å². The van der Waals surface area contributed by atoms with E-state index in [2.05, 4.69) is 38.9 Å². The lowest BCUT2D eigenvalue weighted by atomic mass is 10.1. The van der Waals surface area contributed by atoms with E-state index in [0.717, 1.165) is 22.2 Å². The normalized spacial score (nSPS) is 25.8. The Kier molecular flexibility index (Phi) is 3.49. The molecule has 2 aliphatic rings. The van der Waals surface area contributed by atoms with E-state index in [1.807, 2.05) is 13.0 Å². The molecular weight excluding hydrogens is 382 g/mol. The highest BCUT2D eigenvalue weighted by atomic mass is 79.9. The third-order valence-corrected chi connectivity index (χ3v) is 8.31. The monoisotopic (exact) mass is 397 g/mol. The standard InChI is InChI=1S/C16H16BrNO2S2/c1-2-11-5-6-14(21-11)22(19,20)18-16-13-7-9-3-4-10(17)8-12(9)15(13)16/h3-6,8,13,15-16,18H,2,7H2,1H3. The lowest BCUT2D eigenvalue weighted by molar-refractivity contribution is 0.577. The summed E-state index contributed by atoms with van der Waals surface area (Å²) in [5.74, 6) is 0.762. The average Bonchev–Trinajstić information content (AvgIpc) is 2.88. The molecule has 0 aliphatic heterocycles. The number of rotatable bonds is 4. The molecule has 1 saturated carbocycles. The number of thiophene rings is 1. The largest absolute Gasteiger partial charge is 0.250 e.